The number of hydrogen-bond acceptors (Lipinski definition) is 8. The topological polar surface area (TPSA) is 143 Å². The number of rotatable bonds is 9. The molecule has 0 aliphatic carbocycles. The summed E-state index contributed by atoms with van der Waals surface area (Å²) in [4.78, 5) is 27.4. The lowest BCUT2D eigenvalue weighted by Crippen LogP contribution is -2.60. The number of hydrazine groups is 1. The number of carboxylic acid groups (broad SMARTS) is 1. The normalized spacial score (nSPS) is 15.4. The van der Waals surface area contributed by atoms with Crippen LogP contribution in [0.25, 0.3) is 10.8 Å². The van der Waals surface area contributed by atoms with Gasteiger partial charge >= 0.3 is 5.97 Å². The van der Waals surface area contributed by atoms with E-state index in [1.54, 1.807) is 47.8 Å². The molecule has 0 bridgehead atoms. The molecule has 2 heterocycles. The van der Waals surface area contributed by atoms with Crippen LogP contribution in [0.15, 0.2) is 88.7 Å². The summed E-state index contributed by atoms with van der Waals surface area (Å²) in [6, 6.07) is 20.4. The van der Waals surface area contributed by atoms with Crippen molar-refractivity contribution in [2.45, 2.75) is 31.3 Å². The van der Waals surface area contributed by atoms with Gasteiger partial charge in [0.25, 0.3) is 5.56 Å². The van der Waals surface area contributed by atoms with Gasteiger partial charge in [0.05, 0.1) is 11.4 Å². The van der Waals surface area contributed by atoms with Gasteiger partial charge in [0.15, 0.2) is 9.84 Å². The van der Waals surface area contributed by atoms with Gasteiger partial charge < -0.3 is 19.1 Å². The number of anilines is 1. The van der Waals surface area contributed by atoms with Crippen LogP contribution in [-0.4, -0.2) is 80.7 Å². The molecule has 2 unspecified atom stereocenters. The molecule has 1 N–H and O–H groups in total. The van der Waals surface area contributed by atoms with Gasteiger partial charge in [-0.3, -0.25) is 13.8 Å². The third-order valence-corrected chi connectivity index (χ3v) is 9.97. The maximum Gasteiger partial charge on any atom is 0.323 e. The van der Waals surface area contributed by atoms with Crippen LogP contribution in [-0.2, 0) is 32.4 Å². The largest absolute Gasteiger partial charge is 0.759 e. The van der Waals surface area contributed by atoms with Crippen LogP contribution in [0.3, 0.4) is 0 Å². The fourth-order valence-electron chi connectivity index (χ4n) is 5.57. The Hall–Kier alpha value is -4.32. The fraction of sp³-hybridized carbons (Fsp3) is 0.294. The van der Waals surface area contributed by atoms with Gasteiger partial charge in [-0.25, -0.2) is 13.4 Å². The minimum atomic E-state index is -3.30. The fourth-order valence-corrected chi connectivity index (χ4v) is 7.07. The summed E-state index contributed by atoms with van der Waals surface area (Å²) in [6.45, 7) is 5.41. The molecule has 1 saturated heterocycles. The first-order chi connectivity index (χ1) is 22.3. The third-order valence-electron chi connectivity index (χ3n) is 8.08. The maximum atomic E-state index is 13.3. The highest BCUT2D eigenvalue weighted by atomic mass is 32.2. The predicted molar refractivity (Wildman–Crippen MR) is 180 cm³/mol. The van der Waals surface area contributed by atoms with Crippen molar-refractivity contribution in [1.82, 2.24) is 14.0 Å². The second-order valence-electron chi connectivity index (χ2n) is 11.8. The third kappa shape index (κ3) is 7.98. The Labute approximate surface area is 276 Å². The number of sulfone groups is 1. The summed E-state index contributed by atoms with van der Waals surface area (Å²) in [5, 5.41) is 12.5. The molecule has 1 aliphatic heterocycles. The van der Waals surface area contributed by atoms with E-state index in [9.17, 15) is 31.9 Å². The van der Waals surface area contributed by atoms with Crippen LogP contribution >= 0.6 is 0 Å². The maximum absolute atomic E-state index is 13.3. The molecule has 5 rings (SSSR count). The van der Waals surface area contributed by atoms with Crippen molar-refractivity contribution in [3.8, 4) is 11.8 Å². The SMILES string of the molecule is CC(C)C(C(=O)O)N(N1CCN(c2ccc(C#Cc3ccc4ccn(Cc5ccc(S(C)(=O)=O)cc5)c(=O)c4c3)cc2)CC1)S(=O)[O-]. The molecule has 13 heteroatoms. The highest BCUT2D eigenvalue weighted by Gasteiger charge is 2.35. The molecular formula is C34H35N4O7S2-. The Morgan fingerprint density at radius 1 is 0.957 bits per heavy atom. The lowest BCUT2D eigenvalue weighted by atomic mass is 10.1. The van der Waals surface area contributed by atoms with Crippen LogP contribution < -0.4 is 10.5 Å². The lowest BCUT2D eigenvalue weighted by Gasteiger charge is -2.45. The first-order valence-electron chi connectivity index (χ1n) is 15.0. The lowest BCUT2D eigenvalue weighted by molar-refractivity contribution is -0.149. The molecule has 0 radical (unpaired) electrons. The summed E-state index contributed by atoms with van der Waals surface area (Å²) in [7, 11) is -3.30. The van der Waals surface area contributed by atoms with Crippen molar-refractivity contribution < 1.29 is 27.1 Å². The number of fused-ring (bicyclic) bond motifs is 1. The number of carbonyl (C=O) groups is 1. The van der Waals surface area contributed by atoms with Gasteiger partial charge in [-0.05, 0) is 71.5 Å². The Morgan fingerprint density at radius 3 is 2.15 bits per heavy atom. The van der Waals surface area contributed by atoms with Crippen molar-refractivity contribution in [3.63, 3.8) is 0 Å². The number of pyridine rings is 1. The second kappa shape index (κ2) is 14.2. The molecule has 4 aromatic rings. The Balaban J connectivity index is 1.26. The van der Waals surface area contributed by atoms with Crippen molar-refractivity contribution in [2.75, 3.05) is 37.3 Å². The Kier molecular flexibility index (Phi) is 10.3. The first kappa shape index (κ1) is 34.0. The molecule has 11 nitrogen and oxygen atoms in total. The van der Waals surface area contributed by atoms with Crippen LogP contribution in [0.5, 0.6) is 0 Å². The molecule has 1 aliphatic rings. The zero-order chi connectivity index (χ0) is 33.9. The van der Waals surface area contributed by atoms with E-state index >= 15 is 0 Å². The molecular weight excluding hydrogens is 641 g/mol. The monoisotopic (exact) mass is 675 g/mol. The van der Waals surface area contributed by atoms with E-state index in [2.05, 4.69) is 16.7 Å². The standard InChI is InChI=1S/C34H36N4O7S2/c1-24(2)32(34(40)41)38(46(42)43)37-20-18-35(19-21-37)29-12-7-25(8-13-29)4-5-26-6-11-28-16-17-36(33(39)31(28)22-26)23-27-9-14-30(15-10-27)47(3,44)45/h6-17,22,24,32H,18-21,23H2,1-3H3,(H,40,41)(H,42,43)/p-1. The summed E-state index contributed by atoms with van der Waals surface area (Å²) in [5.74, 6) is 4.71. The zero-order valence-electron chi connectivity index (χ0n) is 26.2. The van der Waals surface area contributed by atoms with Crippen LogP contribution in [0.1, 0.15) is 30.5 Å². The quantitative estimate of drug-likeness (QED) is 0.209. The van der Waals surface area contributed by atoms with Crippen LogP contribution in [0.2, 0.25) is 0 Å². The number of aliphatic carboxylic acids is 1. The second-order valence-corrected chi connectivity index (χ2v) is 14.6. The van der Waals surface area contributed by atoms with E-state index in [0.717, 1.165) is 32.9 Å². The number of hydrogen-bond donors (Lipinski definition) is 1. The molecule has 246 valence electrons. The average molecular weight is 676 g/mol. The Bertz CT molecular complexity index is 2030. The van der Waals surface area contributed by atoms with E-state index in [1.165, 1.54) is 12.1 Å². The van der Waals surface area contributed by atoms with Crippen molar-refractivity contribution in [1.29, 1.82) is 0 Å². The zero-order valence-corrected chi connectivity index (χ0v) is 27.8. The van der Waals surface area contributed by atoms with Crippen LogP contribution in [0.4, 0.5) is 5.69 Å². The van der Waals surface area contributed by atoms with E-state index in [4.69, 9.17) is 0 Å². The van der Waals surface area contributed by atoms with E-state index in [-0.39, 0.29) is 10.5 Å². The van der Waals surface area contributed by atoms with Crippen LogP contribution in [0, 0.1) is 17.8 Å². The summed E-state index contributed by atoms with van der Waals surface area (Å²) in [5.41, 5.74) is 3.05. The number of aromatic nitrogens is 1. The molecule has 1 fully saturated rings. The smallest absolute Gasteiger partial charge is 0.323 e. The van der Waals surface area contributed by atoms with Gasteiger partial charge in [-0.2, -0.15) is 4.41 Å². The van der Waals surface area contributed by atoms with E-state index in [1.807, 2.05) is 42.5 Å². The van der Waals surface area contributed by atoms with E-state index in [0.29, 0.717) is 43.7 Å². The number of benzene rings is 3. The molecule has 3 aromatic carbocycles. The van der Waals surface area contributed by atoms with Gasteiger partial charge in [-0.15, -0.1) is 0 Å². The first-order valence-corrected chi connectivity index (χ1v) is 17.9. The van der Waals surface area contributed by atoms with Crippen molar-refractivity contribution in [3.05, 3.63) is 106 Å². The Morgan fingerprint density at radius 2 is 1.57 bits per heavy atom. The summed E-state index contributed by atoms with van der Waals surface area (Å²) in [6.07, 6.45) is 2.88. The molecule has 1 aromatic heterocycles. The molecule has 2 atom stereocenters. The molecule has 0 amide bonds. The summed E-state index contributed by atoms with van der Waals surface area (Å²) < 4.78 is 50.0. The highest BCUT2D eigenvalue weighted by molar-refractivity contribution is 7.90. The summed E-state index contributed by atoms with van der Waals surface area (Å²) >= 11 is -2.71. The van der Waals surface area contributed by atoms with Crippen molar-refractivity contribution in [2.24, 2.45) is 5.92 Å². The molecule has 47 heavy (non-hydrogen) atoms. The minimum absolute atomic E-state index is 0.171. The van der Waals surface area contributed by atoms with Gasteiger partial charge in [0.1, 0.15) is 6.04 Å². The highest BCUT2D eigenvalue weighted by Crippen LogP contribution is 2.22. The number of carboxylic acids is 1. The predicted octanol–water partition coefficient (Wildman–Crippen LogP) is 3.10. The van der Waals surface area contributed by atoms with Gasteiger partial charge in [0.2, 0.25) is 0 Å². The molecule has 0 saturated carbocycles. The number of nitrogens with zero attached hydrogens (tertiary/aromatic N) is 4. The molecule has 0 spiro atoms. The van der Waals surface area contributed by atoms with Gasteiger partial charge in [-0.1, -0.05) is 43.9 Å². The van der Waals surface area contributed by atoms with Crippen molar-refractivity contribution >= 4 is 43.5 Å². The number of piperazine rings is 1. The van der Waals surface area contributed by atoms with E-state index < -0.39 is 39.0 Å². The van der Waals surface area contributed by atoms with Gasteiger partial charge in [0, 0.05) is 72.1 Å². The average Bonchev–Trinajstić information content (AvgIpc) is 3.03. The minimum Gasteiger partial charge on any atom is -0.759 e.